The number of ether oxygens (including phenoxy) is 1. The molecule has 0 radical (unpaired) electrons. The highest BCUT2D eigenvalue weighted by Crippen LogP contribution is 2.32. The van der Waals surface area contributed by atoms with Gasteiger partial charge in [0.15, 0.2) is 0 Å². The number of carbonyl (C=O) groups excluding carboxylic acids is 1. The number of rotatable bonds is 8. The lowest BCUT2D eigenvalue weighted by Crippen LogP contribution is -2.32. The molecule has 1 amide bonds. The Balaban J connectivity index is 1.38. The highest BCUT2D eigenvalue weighted by Gasteiger charge is 2.30. The van der Waals surface area contributed by atoms with Gasteiger partial charge < -0.3 is 15.0 Å². The van der Waals surface area contributed by atoms with Crippen molar-refractivity contribution in [1.82, 2.24) is 20.1 Å². The van der Waals surface area contributed by atoms with Gasteiger partial charge >= 0.3 is 0 Å². The van der Waals surface area contributed by atoms with Crippen LogP contribution in [-0.4, -0.2) is 39.1 Å². The minimum Gasteiger partial charge on any atom is -0.493 e. The van der Waals surface area contributed by atoms with Crippen molar-refractivity contribution in [2.24, 2.45) is 0 Å². The van der Waals surface area contributed by atoms with Crippen LogP contribution in [-0.2, 0) is 11.2 Å². The normalized spacial score (nSPS) is 15.8. The van der Waals surface area contributed by atoms with Crippen molar-refractivity contribution in [3.63, 3.8) is 0 Å². The summed E-state index contributed by atoms with van der Waals surface area (Å²) in [6.07, 6.45) is 3.11. The molecule has 31 heavy (non-hydrogen) atoms. The zero-order chi connectivity index (χ0) is 21.6. The van der Waals surface area contributed by atoms with Crippen LogP contribution < -0.4 is 10.1 Å². The van der Waals surface area contributed by atoms with Crippen molar-refractivity contribution in [3.8, 4) is 5.75 Å². The van der Waals surface area contributed by atoms with Gasteiger partial charge in [-0.25, -0.2) is 4.98 Å². The fraction of sp³-hybridized carbons (Fsp3) is 0.391. The van der Waals surface area contributed by atoms with Crippen LogP contribution in [0.25, 0.3) is 0 Å². The number of pyridine rings is 1. The summed E-state index contributed by atoms with van der Waals surface area (Å²) in [5.41, 5.74) is 1.97. The number of anilines is 2. The molecule has 0 spiro atoms. The zero-order valence-electron chi connectivity index (χ0n) is 17.9. The number of benzene rings is 1. The van der Waals surface area contributed by atoms with Gasteiger partial charge in [-0.2, -0.15) is 0 Å². The number of likely N-dealkylation sites (tertiary alicyclic amines) is 1. The Morgan fingerprint density at radius 1 is 1.23 bits per heavy atom. The van der Waals surface area contributed by atoms with Crippen LogP contribution in [0, 0.1) is 6.92 Å². The number of aromatic nitrogens is 3. The fourth-order valence-corrected chi connectivity index (χ4v) is 4.43. The van der Waals surface area contributed by atoms with E-state index in [-0.39, 0.29) is 11.9 Å². The van der Waals surface area contributed by atoms with E-state index in [9.17, 15) is 4.79 Å². The van der Waals surface area contributed by atoms with E-state index in [0.29, 0.717) is 13.0 Å². The number of carbonyl (C=O) groups is 1. The van der Waals surface area contributed by atoms with Crippen LogP contribution in [0.5, 0.6) is 5.75 Å². The molecule has 3 heterocycles. The Hall–Kier alpha value is -3.00. The van der Waals surface area contributed by atoms with E-state index in [1.165, 1.54) is 11.3 Å². The molecule has 1 N–H and O–H groups in total. The lowest BCUT2D eigenvalue weighted by atomic mass is 10.1. The van der Waals surface area contributed by atoms with Gasteiger partial charge in [-0.05, 0) is 49.9 Å². The van der Waals surface area contributed by atoms with E-state index in [4.69, 9.17) is 9.72 Å². The minimum absolute atomic E-state index is 0.00617. The van der Waals surface area contributed by atoms with Gasteiger partial charge in [-0.3, -0.25) is 4.79 Å². The van der Waals surface area contributed by atoms with Crippen molar-refractivity contribution in [3.05, 3.63) is 58.7 Å². The summed E-state index contributed by atoms with van der Waals surface area (Å²) in [6.45, 7) is 5.19. The second-order valence-corrected chi connectivity index (χ2v) is 8.60. The summed E-state index contributed by atoms with van der Waals surface area (Å²) in [6, 6.07) is 13.7. The first-order valence-corrected chi connectivity index (χ1v) is 11.5. The molecule has 1 aliphatic rings. The standard InChI is InChI=1S/C23H27N5O2S/c1-3-21-26-27-23(31-21)25-20-12-6-9-17(24-20)18-10-7-14-28(18)22(29)13-15-30-19-11-5-4-8-16(19)2/h4-6,8-9,11-12,18H,3,7,10,13-15H2,1-2H3,(H,24,25,27)/t18-/m0/s1. The lowest BCUT2D eigenvalue weighted by Gasteiger charge is -2.25. The topological polar surface area (TPSA) is 80.2 Å². The summed E-state index contributed by atoms with van der Waals surface area (Å²) in [5.74, 6) is 1.66. The molecule has 0 aliphatic carbocycles. The maximum Gasteiger partial charge on any atom is 0.226 e. The number of amides is 1. The Kier molecular flexibility index (Phi) is 6.76. The Bertz CT molecular complexity index is 1040. The maximum absolute atomic E-state index is 12.9. The molecule has 8 heteroatoms. The molecule has 1 aliphatic heterocycles. The summed E-state index contributed by atoms with van der Waals surface area (Å²) in [7, 11) is 0. The minimum atomic E-state index is -0.00617. The van der Waals surface area contributed by atoms with E-state index in [1.807, 2.05) is 54.3 Å². The van der Waals surface area contributed by atoms with Crippen molar-refractivity contribution in [2.45, 2.75) is 45.6 Å². The Morgan fingerprint density at radius 3 is 2.90 bits per heavy atom. The van der Waals surface area contributed by atoms with Crippen LogP contribution in [0.1, 0.15) is 48.5 Å². The molecule has 3 aromatic rings. The average Bonchev–Trinajstić information content (AvgIpc) is 3.45. The first-order valence-electron chi connectivity index (χ1n) is 10.7. The third-order valence-corrected chi connectivity index (χ3v) is 6.34. The molecule has 2 aromatic heterocycles. The highest BCUT2D eigenvalue weighted by molar-refractivity contribution is 7.15. The molecule has 0 saturated carbocycles. The van der Waals surface area contributed by atoms with Gasteiger partial charge in [0, 0.05) is 6.54 Å². The van der Waals surface area contributed by atoms with Gasteiger partial charge in [0.2, 0.25) is 11.0 Å². The van der Waals surface area contributed by atoms with Gasteiger partial charge in [0.05, 0.1) is 24.8 Å². The second kappa shape index (κ2) is 9.87. The first-order chi connectivity index (χ1) is 15.1. The van der Waals surface area contributed by atoms with Crippen molar-refractivity contribution in [1.29, 1.82) is 0 Å². The molecule has 1 aromatic carbocycles. The van der Waals surface area contributed by atoms with Gasteiger partial charge in [-0.15, -0.1) is 10.2 Å². The highest BCUT2D eigenvalue weighted by atomic mass is 32.1. The third kappa shape index (κ3) is 5.19. The predicted octanol–water partition coefficient (Wildman–Crippen LogP) is 4.68. The molecular weight excluding hydrogens is 410 g/mol. The summed E-state index contributed by atoms with van der Waals surface area (Å²) in [4.78, 5) is 19.6. The number of nitrogens with zero attached hydrogens (tertiary/aromatic N) is 4. The Morgan fingerprint density at radius 2 is 2.10 bits per heavy atom. The predicted molar refractivity (Wildman–Crippen MR) is 122 cm³/mol. The van der Waals surface area contributed by atoms with Crippen LogP contribution in [0.15, 0.2) is 42.5 Å². The van der Waals surface area contributed by atoms with Crippen molar-refractivity contribution < 1.29 is 9.53 Å². The second-order valence-electron chi connectivity index (χ2n) is 7.54. The lowest BCUT2D eigenvalue weighted by molar-refractivity contribution is -0.132. The molecular formula is C23H27N5O2S. The van der Waals surface area contributed by atoms with Gasteiger partial charge in [-0.1, -0.05) is 42.5 Å². The molecule has 1 saturated heterocycles. The van der Waals surface area contributed by atoms with E-state index in [0.717, 1.165) is 58.8 Å². The quantitative estimate of drug-likeness (QED) is 0.551. The van der Waals surface area contributed by atoms with Gasteiger partial charge in [0.25, 0.3) is 0 Å². The van der Waals surface area contributed by atoms with Crippen LogP contribution >= 0.6 is 11.3 Å². The summed E-state index contributed by atoms with van der Waals surface area (Å²) < 4.78 is 5.82. The zero-order valence-corrected chi connectivity index (χ0v) is 18.7. The van der Waals surface area contributed by atoms with Crippen LogP contribution in [0.2, 0.25) is 0 Å². The van der Waals surface area contributed by atoms with E-state index in [2.05, 4.69) is 22.4 Å². The Labute approximate surface area is 186 Å². The number of nitrogens with one attached hydrogen (secondary N) is 1. The fourth-order valence-electron chi connectivity index (χ4n) is 3.75. The summed E-state index contributed by atoms with van der Waals surface area (Å²) in [5, 5.41) is 13.2. The molecule has 162 valence electrons. The molecule has 4 rings (SSSR count). The molecule has 1 atom stereocenters. The monoisotopic (exact) mass is 437 g/mol. The van der Waals surface area contributed by atoms with Gasteiger partial charge in [0.1, 0.15) is 16.6 Å². The molecule has 0 unspecified atom stereocenters. The maximum atomic E-state index is 12.9. The van der Waals surface area contributed by atoms with E-state index in [1.54, 1.807) is 0 Å². The first kappa shape index (κ1) is 21.2. The molecule has 7 nitrogen and oxygen atoms in total. The average molecular weight is 438 g/mol. The number of para-hydroxylation sites is 1. The van der Waals surface area contributed by atoms with Crippen LogP contribution in [0.3, 0.4) is 0 Å². The molecule has 1 fully saturated rings. The number of aryl methyl sites for hydroxylation is 2. The van der Waals surface area contributed by atoms with E-state index < -0.39 is 0 Å². The van der Waals surface area contributed by atoms with Crippen molar-refractivity contribution in [2.75, 3.05) is 18.5 Å². The SMILES string of the molecule is CCc1nnc(Nc2cccc([C@@H]3CCCN3C(=O)CCOc3ccccc3C)n2)s1. The largest absolute Gasteiger partial charge is 0.493 e. The smallest absolute Gasteiger partial charge is 0.226 e. The third-order valence-electron chi connectivity index (χ3n) is 5.36. The van der Waals surface area contributed by atoms with Crippen molar-refractivity contribution >= 4 is 28.2 Å². The number of hydrogen-bond acceptors (Lipinski definition) is 7. The summed E-state index contributed by atoms with van der Waals surface area (Å²) >= 11 is 1.53. The van der Waals surface area contributed by atoms with Crippen LogP contribution in [0.4, 0.5) is 10.9 Å². The molecule has 0 bridgehead atoms. The van der Waals surface area contributed by atoms with E-state index >= 15 is 0 Å². The number of hydrogen-bond donors (Lipinski definition) is 1.